The first-order chi connectivity index (χ1) is 10.0. The first-order valence-corrected chi connectivity index (χ1v) is 7.73. The van der Waals surface area contributed by atoms with Crippen LogP contribution in [0.3, 0.4) is 0 Å². The normalized spacial score (nSPS) is 18.4. The van der Waals surface area contributed by atoms with Crippen LogP contribution < -0.4 is 0 Å². The van der Waals surface area contributed by atoms with E-state index in [2.05, 4.69) is 0 Å². The topological polar surface area (TPSA) is 46.6 Å². The monoisotopic (exact) mass is 329 g/mol. The predicted molar refractivity (Wildman–Crippen MR) is 81.8 cm³/mol. The summed E-state index contributed by atoms with van der Waals surface area (Å²) in [6.07, 6.45) is 2.37. The van der Waals surface area contributed by atoms with Gasteiger partial charge in [-0.15, -0.1) is 0 Å². The number of rotatable bonds is 3. The summed E-state index contributed by atoms with van der Waals surface area (Å²) in [4.78, 5) is 26.2. The maximum absolute atomic E-state index is 12.7. The van der Waals surface area contributed by atoms with Gasteiger partial charge in [0.2, 0.25) is 0 Å². The Hall–Kier alpha value is -1.26. The van der Waals surface area contributed by atoms with Crippen LogP contribution in [0.15, 0.2) is 18.2 Å². The summed E-state index contributed by atoms with van der Waals surface area (Å²) in [6, 6.07) is 4.20. The first-order valence-electron chi connectivity index (χ1n) is 6.97. The quantitative estimate of drug-likeness (QED) is 0.796. The van der Waals surface area contributed by atoms with Gasteiger partial charge in [-0.25, -0.2) is 4.79 Å². The molecule has 1 saturated heterocycles. The zero-order valence-electron chi connectivity index (χ0n) is 11.8. The summed E-state index contributed by atoms with van der Waals surface area (Å²) in [6.45, 7) is 2.57. The summed E-state index contributed by atoms with van der Waals surface area (Å²) in [5, 5.41) is 0.769. The standard InChI is InChI=1S/C15H17Cl2NO3/c1-2-21-15(20)13-5-3-4-8-18(13)14(19)11-9-10(16)6-7-12(11)17/h6-7,9,13H,2-5,8H2,1H3. The number of carbonyl (C=O) groups excluding carboxylic acids is 2. The fourth-order valence-corrected chi connectivity index (χ4v) is 2.84. The average molecular weight is 330 g/mol. The van der Waals surface area contributed by atoms with E-state index in [0.29, 0.717) is 35.2 Å². The maximum atomic E-state index is 12.7. The van der Waals surface area contributed by atoms with Gasteiger partial charge < -0.3 is 9.64 Å². The van der Waals surface area contributed by atoms with Crippen molar-refractivity contribution in [3.8, 4) is 0 Å². The zero-order chi connectivity index (χ0) is 15.4. The molecular formula is C15H17Cl2NO3. The Kier molecular flexibility index (Phi) is 5.48. The molecule has 1 unspecified atom stereocenters. The van der Waals surface area contributed by atoms with E-state index < -0.39 is 6.04 Å². The van der Waals surface area contributed by atoms with E-state index in [0.717, 1.165) is 12.8 Å². The molecule has 1 heterocycles. The highest BCUT2D eigenvalue weighted by Gasteiger charge is 2.34. The molecule has 2 rings (SSSR count). The molecule has 114 valence electrons. The van der Waals surface area contributed by atoms with Crippen molar-refractivity contribution in [3.05, 3.63) is 33.8 Å². The van der Waals surface area contributed by atoms with Crippen molar-refractivity contribution in [2.75, 3.05) is 13.2 Å². The Balaban J connectivity index is 2.26. The third-order valence-electron chi connectivity index (χ3n) is 3.48. The third-order valence-corrected chi connectivity index (χ3v) is 4.05. The fraction of sp³-hybridized carbons (Fsp3) is 0.467. The minimum Gasteiger partial charge on any atom is -0.464 e. The van der Waals surface area contributed by atoms with E-state index in [9.17, 15) is 9.59 Å². The fourth-order valence-electron chi connectivity index (χ4n) is 2.47. The molecule has 0 radical (unpaired) electrons. The Morgan fingerprint density at radius 3 is 2.81 bits per heavy atom. The van der Waals surface area contributed by atoms with Gasteiger partial charge in [0.1, 0.15) is 6.04 Å². The van der Waals surface area contributed by atoms with Crippen molar-refractivity contribution in [2.45, 2.75) is 32.2 Å². The number of likely N-dealkylation sites (tertiary alicyclic amines) is 1. The molecule has 0 spiro atoms. The van der Waals surface area contributed by atoms with Crippen LogP contribution in [0, 0.1) is 0 Å². The minimum absolute atomic E-state index is 0.278. The van der Waals surface area contributed by atoms with E-state index >= 15 is 0 Å². The summed E-state index contributed by atoms with van der Waals surface area (Å²) in [5.74, 6) is -0.635. The third kappa shape index (κ3) is 3.69. The van der Waals surface area contributed by atoms with E-state index in [1.807, 2.05) is 0 Å². The molecule has 4 nitrogen and oxygen atoms in total. The molecule has 1 aromatic carbocycles. The Morgan fingerprint density at radius 2 is 2.10 bits per heavy atom. The van der Waals surface area contributed by atoms with Gasteiger partial charge in [0, 0.05) is 11.6 Å². The van der Waals surface area contributed by atoms with E-state index in [-0.39, 0.29) is 11.9 Å². The van der Waals surface area contributed by atoms with Crippen molar-refractivity contribution in [2.24, 2.45) is 0 Å². The number of amides is 1. The lowest BCUT2D eigenvalue weighted by Gasteiger charge is -2.34. The van der Waals surface area contributed by atoms with Crippen molar-refractivity contribution in [3.63, 3.8) is 0 Å². The highest BCUT2D eigenvalue weighted by atomic mass is 35.5. The molecule has 1 aliphatic heterocycles. The summed E-state index contributed by atoms with van der Waals surface area (Å²) in [7, 11) is 0. The van der Waals surface area contributed by atoms with Crippen LogP contribution in [-0.2, 0) is 9.53 Å². The van der Waals surface area contributed by atoms with Crippen LogP contribution in [-0.4, -0.2) is 36.0 Å². The molecular weight excluding hydrogens is 313 g/mol. The van der Waals surface area contributed by atoms with Gasteiger partial charge in [0.15, 0.2) is 0 Å². The number of benzene rings is 1. The molecule has 0 bridgehead atoms. The molecule has 1 amide bonds. The molecule has 0 N–H and O–H groups in total. The Labute approximate surface area is 134 Å². The van der Waals surface area contributed by atoms with Crippen molar-refractivity contribution < 1.29 is 14.3 Å². The second-order valence-electron chi connectivity index (χ2n) is 4.89. The second-order valence-corrected chi connectivity index (χ2v) is 5.73. The summed E-state index contributed by atoms with van der Waals surface area (Å²) < 4.78 is 5.06. The highest BCUT2D eigenvalue weighted by molar-refractivity contribution is 6.35. The number of halogens is 2. The lowest BCUT2D eigenvalue weighted by molar-refractivity contribution is -0.149. The van der Waals surface area contributed by atoms with Gasteiger partial charge in [0.25, 0.3) is 5.91 Å². The van der Waals surface area contributed by atoms with Gasteiger partial charge >= 0.3 is 5.97 Å². The Bertz CT molecular complexity index is 548. The smallest absolute Gasteiger partial charge is 0.328 e. The van der Waals surface area contributed by atoms with E-state index in [1.165, 1.54) is 6.07 Å². The number of carbonyl (C=O) groups is 2. The maximum Gasteiger partial charge on any atom is 0.328 e. The SMILES string of the molecule is CCOC(=O)C1CCCCN1C(=O)c1cc(Cl)ccc1Cl. The minimum atomic E-state index is -0.541. The molecule has 1 aliphatic rings. The molecule has 21 heavy (non-hydrogen) atoms. The van der Waals surface area contributed by atoms with Gasteiger partial charge in [-0.3, -0.25) is 4.79 Å². The average Bonchev–Trinajstić information content (AvgIpc) is 2.49. The van der Waals surface area contributed by atoms with Crippen LogP contribution in [0.5, 0.6) is 0 Å². The number of ether oxygens (including phenoxy) is 1. The van der Waals surface area contributed by atoms with Crippen LogP contribution in [0.4, 0.5) is 0 Å². The van der Waals surface area contributed by atoms with Gasteiger partial charge in [-0.2, -0.15) is 0 Å². The van der Waals surface area contributed by atoms with Crippen LogP contribution in [0.25, 0.3) is 0 Å². The second kappa shape index (κ2) is 7.14. The van der Waals surface area contributed by atoms with Gasteiger partial charge in [-0.05, 0) is 44.4 Å². The summed E-state index contributed by atoms with van der Waals surface area (Å²) >= 11 is 12.0. The van der Waals surface area contributed by atoms with E-state index in [4.69, 9.17) is 27.9 Å². The largest absolute Gasteiger partial charge is 0.464 e. The molecule has 0 aromatic heterocycles. The number of hydrogen-bond acceptors (Lipinski definition) is 3. The summed E-state index contributed by atoms with van der Waals surface area (Å²) in [5.41, 5.74) is 0.320. The zero-order valence-corrected chi connectivity index (χ0v) is 13.3. The number of esters is 1. The number of nitrogens with zero attached hydrogens (tertiary/aromatic N) is 1. The van der Waals surface area contributed by atoms with E-state index in [1.54, 1.807) is 24.0 Å². The molecule has 1 atom stereocenters. The van der Waals surface area contributed by atoms with Gasteiger partial charge in [0.05, 0.1) is 17.2 Å². The van der Waals surface area contributed by atoms with Crippen LogP contribution in [0.2, 0.25) is 10.0 Å². The molecule has 1 fully saturated rings. The first kappa shape index (κ1) is 16.1. The van der Waals surface area contributed by atoms with Crippen molar-refractivity contribution >= 4 is 35.1 Å². The molecule has 1 aromatic rings. The van der Waals surface area contributed by atoms with Crippen LogP contribution in [0.1, 0.15) is 36.5 Å². The van der Waals surface area contributed by atoms with Crippen molar-refractivity contribution in [1.29, 1.82) is 0 Å². The molecule has 0 aliphatic carbocycles. The van der Waals surface area contributed by atoms with Crippen LogP contribution >= 0.6 is 23.2 Å². The molecule has 6 heteroatoms. The lowest BCUT2D eigenvalue weighted by Crippen LogP contribution is -2.48. The molecule has 0 saturated carbocycles. The van der Waals surface area contributed by atoms with Crippen molar-refractivity contribution in [1.82, 2.24) is 4.90 Å². The predicted octanol–water partition coefficient (Wildman–Crippen LogP) is 3.55. The van der Waals surface area contributed by atoms with Gasteiger partial charge in [-0.1, -0.05) is 23.2 Å². The lowest BCUT2D eigenvalue weighted by atomic mass is 10.0. The highest BCUT2D eigenvalue weighted by Crippen LogP contribution is 2.26. The number of piperidine rings is 1. The number of hydrogen-bond donors (Lipinski definition) is 0. The Morgan fingerprint density at radius 1 is 1.33 bits per heavy atom.